The fourth-order valence-electron chi connectivity index (χ4n) is 3.73. The fourth-order valence-corrected chi connectivity index (χ4v) is 3.73. The summed E-state index contributed by atoms with van der Waals surface area (Å²) in [5.74, 6) is 0.515. The van der Waals surface area contributed by atoms with Gasteiger partial charge in [-0.2, -0.15) is 0 Å². The number of carbonyl (C=O) groups excluding carboxylic acids is 1. The van der Waals surface area contributed by atoms with Crippen molar-refractivity contribution in [2.24, 2.45) is 0 Å². The third-order valence-electron chi connectivity index (χ3n) is 5.06. The van der Waals surface area contributed by atoms with Crippen molar-refractivity contribution in [3.05, 3.63) is 75.6 Å². The van der Waals surface area contributed by atoms with Gasteiger partial charge in [-0.15, -0.1) is 0 Å². The normalized spacial score (nSPS) is 15.7. The highest BCUT2D eigenvalue weighted by atomic mass is 16.5. The number of carbonyl (C=O) groups is 1. The number of ether oxygens (including phenoxy) is 2. The van der Waals surface area contributed by atoms with Crippen LogP contribution >= 0.6 is 0 Å². The summed E-state index contributed by atoms with van der Waals surface area (Å²) in [5, 5.41) is 0.469. The summed E-state index contributed by atoms with van der Waals surface area (Å²) in [6.07, 6.45) is 0.893. The van der Waals surface area contributed by atoms with Crippen molar-refractivity contribution in [2.75, 3.05) is 26.9 Å². The van der Waals surface area contributed by atoms with Crippen LogP contribution in [0.3, 0.4) is 0 Å². The molecule has 1 aliphatic heterocycles. The largest absolute Gasteiger partial charge is 0.494 e. The molecule has 1 unspecified atom stereocenters. The predicted molar refractivity (Wildman–Crippen MR) is 109 cm³/mol. The quantitative estimate of drug-likeness (QED) is 0.611. The second-order valence-electron chi connectivity index (χ2n) is 6.98. The molecule has 4 rings (SSSR count). The Kier molecular flexibility index (Phi) is 5.36. The van der Waals surface area contributed by atoms with Gasteiger partial charge in [0.05, 0.1) is 30.2 Å². The minimum Gasteiger partial charge on any atom is -0.494 e. The number of hydrogen-bond acceptors (Lipinski definition) is 5. The topological polar surface area (TPSA) is 69.0 Å². The molecular weight excluding hydrogens is 370 g/mol. The van der Waals surface area contributed by atoms with Crippen molar-refractivity contribution in [3.63, 3.8) is 0 Å². The molecule has 0 saturated heterocycles. The number of para-hydroxylation sites is 1. The van der Waals surface area contributed by atoms with Crippen LogP contribution in [0.1, 0.15) is 41.1 Å². The van der Waals surface area contributed by atoms with E-state index >= 15 is 0 Å². The Labute approximate surface area is 168 Å². The standard InChI is InChI=1S/C23H23NO5/c1-3-12-28-16-8-6-7-15(14-16)20-19-21(25)17-9-4-5-10-18(17)29-22(19)23(26)24(20)11-13-27-2/h4-10,14,20H,3,11-13H2,1-2H3. The Morgan fingerprint density at radius 1 is 1.07 bits per heavy atom. The molecule has 1 amide bonds. The van der Waals surface area contributed by atoms with Gasteiger partial charge in [-0.3, -0.25) is 9.59 Å². The number of fused-ring (bicyclic) bond motifs is 2. The lowest BCUT2D eigenvalue weighted by Gasteiger charge is -2.25. The Morgan fingerprint density at radius 2 is 1.90 bits per heavy atom. The molecular formula is C23H23NO5. The van der Waals surface area contributed by atoms with Gasteiger partial charge in [0, 0.05) is 13.7 Å². The molecule has 6 nitrogen and oxygen atoms in total. The van der Waals surface area contributed by atoms with E-state index in [9.17, 15) is 9.59 Å². The molecule has 0 saturated carbocycles. The smallest absolute Gasteiger partial charge is 0.290 e. The second-order valence-corrected chi connectivity index (χ2v) is 6.98. The molecule has 2 heterocycles. The molecule has 0 N–H and O–H groups in total. The summed E-state index contributed by atoms with van der Waals surface area (Å²) in [4.78, 5) is 28.1. The maximum absolute atomic E-state index is 13.3. The zero-order valence-corrected chi connectivity index (χ0v) is 16.5. The molecule has 1 aliphatic rings. The lowest BCUT2D eigenvalue weighted by atomic mass is 9.98. The zero-order valence-electron chi connectivity index (χ0n) is 16.5. The summed E-state index contributed by atoms with van der Waals surface area (Å²) in [7, 11) is 1.58. The van der Waals surface area contributed by atoms with Gasteiger partial charge in [-0.05, 0) is 36.2 Å². The van der Waals surface area contributed by atoms with E-state index < -0.39 is 6.04 Å². The third kappa shape index (κ3) is 3.40. The Bertz CT molecular complexity index is 1100. The second kappa shape index (κ2) is 8.09. The molecule has 1 atom stereocenters. The molecule has 2 aromatic carbocycles. The van der Waals surface area contributed by atoms with Gasteiger partial charge in [0.25, 0.3) is 5.91 Å². The maximum Gasteiger partial charge on any atom is 0.290 e. The Hall–Kier alpha value is -3.12. The predicted octanol–water partition coefficient (Wildman–Crippen LogP) is 3.77. The Morgan fingerprint density at radius 3 is 2.69 bits per heavy atom. The molecule has 1 aromatic heterocycles. The third-order valence-corrected chi connectivity index (χ3v) is 5.06. The number of nitrogens with zero attached hydrogens (tertiary/aromatic N) is 1. The highest BCUT2D eigenvalue weighted by molar-refractivity contribution is 5.99. The van der Waals surface area contributed by atoms with Crippen LogP contribution in [0, 0.1) is 0 Å². The lowest BCUT2D eigenvalue weighted by Crippen LogP contribution is -2.32. The molecule has 0 radical (unpaired) electrons. The van der Waals surface area contributed by atoms with Crippen molar-refractivity contribution in [1.29, 1.82) is 0 Å². The molecule has 29 heavy (non-hydrogen) atoms. The molecule has 0 fully saturated rings. The first kappa shape index (κ1) is 19.2. The first-order valence-electron chi connectivity index (χ1n) is 9.74. The van der Waals surface area contributed by atoms with E-state index in [0.717, 1.165) is 12.0 Å². The minimum absolute atomic E-state index is 0.106. The highest BCUT2D eigenvalue weighted by Crippen LogP contribution is 2.38. The zero-order chi connectivity index (χ0) is 20.4. The van der Waals surface area contributed by atoms with Crippen LogP contribution in [-0.2, 0) is 4.74 Å². The molecule has 150 valence electrons. The molecule has 6 heteroatoms. The monoisotopic (exact) mass is 393 g/mol. The van der Waals surface area contributed by atoms with Crippen molar-refractivity contribution < 1.29 is 18.7 Å². The average Bonchev–Trinajstić information content (AvgIpc) is 3.03. The van der Waals surface area contributed by atoms with Gasteiger partial charge >= 0.3 is 0 Å². The van der Waals surface area contributed by atoms with E-state index in [1.54, 1.807) is 36.3 Å². The van der Waals surface area contributed by atoms with Crippen LogP contribution in [0.25, 0.3) is 11.0 Å². The van der Waals surface area contributed by atoms with Gasteiger partial charge in [0.1, 0.15) is 11.3 Å². The molecule has 0 spiro atoms. The summed E-state index contributed by atoms with van der Waals surface area (Å²) in [6, 6.07) is 14.0. The maximum atomic E-state index is 13.3. The van der Waals surface area contributed by atoms with E-state index in [1.165, 1.54) is 0 Å². The van der Waals surface area contributed by atoms with Crippen LogP contribution in [0.2, 0.25) is 0 Å². The van der Waals surface area contributed by atoms with Crippen molar-refractivity contribution in [1.82, 2.24) is 4.90 Å². The number of rotatable bonds is 7. The number of methoxy groups -OCH3 is 1. The van der Waals surface area contributed by atoms with E-state index in [1.807, 2.05) is 31.2 Å². The number of hydrogen-bond donors (Lipinski definition) is 0. The van der Waals surface area contributed by atoms with Crippen molar-refractivity contribution >= 4 is 16.9 Å². The van der Waals surface area contributed by atoms with Gasteiger partial charge in [-0.1, -0.05) is 31.2 Å². The first-order chi connectivity index (χ1) is 14.2. The Balaban J connectivity index is 1.88. The molecule has 0 aliphatic carbocycles. The minimum atomic E-state index is -0.543. The number of benzene rings is 2. The first-order valence-corrected chi connectivity index (χ1v) is 9.74. The number of amides is 1. The SMILES string of the molecule is CCCOc1cccc(C2c3c(oc4ccccc4c3=O)C(=O)N2CCOC)c1. The lowest BCUT2D eigenvalue weighted by molar-refractivity contribution is 0.0663. The van der Waals surface area contributed by atoms with Gasteiger partial charge in [0.15, 0.2) is 5.43 Å². The summed E-state index contributed by atoms with van der Waals surface area (Å²) < 4.78 is 16.8. The van der Waals surface area contributed by atoms with Crippen LogP contribution in [-0.4, -0.2) is 37.7 Å². The van der Waals surface area contributed by atoms with Crippen LogP contribution < -0.4 is 10.2 Å². The summed E-state index contributed by atoms with van der Waals surface area (Å²) in [6.45, 7) is 3.35. The fraction of sp³-hybridized carbons (Fsp3) is 0.304. The van der Waals surface area contributed by atoms with Gasteiger partial charge in [-0.25, -0.2) is 0 Å². The van der Waals surface area contributed by atoms with Crippen LogP contribution in [0.4, 0.5) is 0 Å². The van der Waals surface area contributed by atoms with E-state index in [0.29, 0.717) is 42.0 Å². The molecule has 3 aromatic rings. The molecule has 0 bridgehead atoms. The van der Waals surface area contributed by atoms with Crippen molar-refractivity contribution in [2.45, 2.75) is 19.4 Å². The van der Waals surface area contributed by atoms with E-state index in [2.05, 4.69) is 0 Å². The highest BCUT2D eigenvalue weighted by Gasteiger charge is 2.42. The average molecular weight is 393 g/mol. The van der Waals surface area contributed by atoms with Gasteiger partial charge < -0.3 is 18.8 Å². The van der Waals surface area contributed by atoms with Gasteiger partial charge in [0.2, 0.25) is 5.76 Å². The summed E-state index contributed by atoms with van der Waals surface area (Å²) >= 11 is 0. The van der Waals surface area contributed by atoms with Crippen molar-refractivity contribution in [3.8, 4) is 5.75 Å². The van der Waals surface area contributed by atoms with E-state index in [4.69, 9.17) is 13.9 Å². The van der Waals surface area contributed by atoms with E-state index in [-0.39, 0.29) is 17.1 Å². The van der Waals surface area contributed by atoms with Crippen LogP contribution in [0.5, 0.6) is 5.75 Å². The van der Waals surface area contributed by atoms with Crippen LogP contribution in [0.15, 0.2) is 57.7 Å². The summed E-state index contributed by atoms with van der Waals surface area (Å²) in [5.41, 5.74) is 1.42.